The lowest BCUT2D eigenvalue weighted by molar-refractivity contribution is 0.597. The summed E-state index contributed by atoms with van der Waals surface area (Å²) in [7, 11) is 2.00. The molecule has 2 nitrogen and oxygen atoms in total. The lowest BCUT2D eigenvalue weighted by atomic mass is 10.0. The molecule has 2 aromatic heterocycles. The van der Waals surface area contributed by atoms with Crippen LogP contribution in [0.2, 0.25) is 5.02 Å². The molecular formula is C14H17ClN2S. The molecule has 0 spiro atoms. The Kier molecular flexibility index (Phi) is 4.75. The molecule has 0 fully saturated rings. The Morgan fingerprint density at radius 3 is 2.89 bits per heavy atom. The fourth-order valence-electron chi connectivity index (χ4n) is 2.06. The third kappa shape index (κ3) is 2.91. The Morgan fingerprint density at radius 1 is 1.39 bits per heavy atom. The molecule has 1 N–H and O–H groups in total. The molecule has 0 aliphatic heterocycles. The first-order valence-electron chi connectivity index (χ1n) is 6.08. The molecule has 4 heteroatoms. The van der Waals surface area contributed by atoms with Gasteiger partial charge in [-0.25, -0.2) is 0 Å². The van der Waals surface area contributed by atoms with Crippen LogP contribution in [0.3, 0.4) is 0 Å². The van der Waals surface area contributed by atoms with Crippen LogP contribution in [-0.2, 0) is 12.8 Å². The molecule has 0 aliphatic rings. The first-order valence-corrected chi connectivity index (χ1v) is 7.34. The van der Waals surface area contributed by atoms with Gasteiger partial charge in [-0.05, 0) is 48.5 Å². The van der Waals surface area contributed by atoms with Crippen LogP contribution >= 0.6 is 22.9 Å². The SMILES string of the molecule is CCc1ccsc1C(Cc1ccncc1Cl)NC. The molecule has 2 heterocycles. The van der Waals surface area contributed by atoms with Gasteiger partial charge in [0.25, 0.3) is 0 Å². The molecule has 0 bridgehead atoms. The molecule has 0 radical (unpaired) electrons. The quantitative estimate of drug-likeness (QED) is 0.899. The summed E-state index contributed by atoms with van der Waals surface area (Å²) in [4.78, 5) is 5.43. The number of halogens is 1. The van der Waals surface area contributed by atoms with Gasteiger partial charge >= 0.3 is 0 Å². The van der Waals surface area contributed by atoms with E-state index in [1.54, 1.807) is 12.4 Å². The minimum absolute atomic E-state index is 0.319. The number of pyridine rings is 1. The van der Waals surface area contributed by atoms with Crippen molar-refractivity contribution in [3.05, 3.63) is 50.9 Å². The van der Waals surface area contributed by atoms with Gasteiger partial charge in [-0.1, -0.05) is 18.5 Å². The highest BCUT2D eigenvalue weighted by atomic mass is 35.5. The topological polar surface area (TPSA) is 24.9 Å². The van der Waals surface area contributed by atoms with Gasteiger partial charge in [0.05, 0.1) is 5.02 Å². The molecular weight excluding hydrogens is 264 g/mol. The number of aromatic nitrogens is 1. The van der Waals surface area contributed by atoms with Crippen LogP contribution in [0, 0.1) is 0 Å². The van der Waals surface area contributed by atoms with Gasteiger partial charge in [-0.15, -0.1) is 11.3 Å². The number of thiophene rings is 1. The molecule has 96 valence electrons. The van der Waals surface area contributed by atoms with Crippen molar-refractivity contribution in [2.75, 3.05) is 7.05 Å². The predicted octanol–water partition coefficient (Wildman–Crippen LogP) is 3.86. The van der Waals surface area contributed by atoms with E-state index in [9.17, 15) is 0 Å². The minimum Gasteiger partial charge on any atom is -0.312 e. The van der Waals surface area contributed by atoms with E-state index >= 15 is 0 Å². The van der Waals surface area contributed by atoms with Crippen LogP contribution in [0.1, 0.15) is 29.0 Å². The first kappa shape index (κ1) is 13.5. The Balaban J connectivity index is 2.23. The molecule has 0 saturated heterocycles. The third-order valence-electron chi connectivity index (χ3n) is 3.11. The van der Waals surface area contributed by atoms with Gasteiger partial charge in [0.15, 0.2) is 0 Å². The predicted molar refractivity (Wildman–Crippen MR) is 78.4 cm³/mol. The van der Waals surface area contributed by atoms with Crippen molar-refractivity contribution in [3.8, 4) is 0 Å². The molecule has 18 heavy (non-hydrogen) atoms. The Bertz CT molecular complexity index is 510. The average Bonchev–Trinajstić information content (AvgIpc) is 2.86. The van der Waals surface area contributed by atoms with Crippen LogP contribution in [0.5, 0.6) is 0 Å². The van der Waals surface area contributed by atoms with Crippen molar-refractivity contribution >= 4 is 22.9 Å². The first-order chi connectivity index (χ1) is 8.76. The van der Waals surface area contributed by atoms with E-state index < -0.39 is 0 Å². The normalized spacial score (nSPS) is 12.6. The summed E-state index contributed by atoms with van der Waals surface area (Å²) in [5, 5.41) is 6.29. The number of nitrogens with one attached hydrogen (secondary N) is 1. The fraction of sp³-hybridized carbons (Fsp3) is 0.357. The van der Waals surface area contributed by atoms with E-state index in [0.717, 1.165) is 23.4 Å². The molecule has 0 saturated carbocycles. The molecule has 0 aliphatic carbocycles. The van der Waals surface area contributed by atoms with Crippen molar-refractivity contribution < 1.29 is 0 Å². The second-order valence-electron chi connectivity index (χ2n) is 4.18. The number of hydrogen-bond acceptors (Lipinski definition) is 3. The number of rotatable bonds is 5. The lowest BCUT2D eigenvalue weighted by Gasteiger charge is -2.17. The zero-order chi connectivity index (χ0) is 13.0. The summed E-state index contributed by atoms with van der Waals surface area (Å²) in [5.74, 6) is 0. The van der Waals surface area contributed by atoms with E-state index in [-0.39, 0.29) is 0 Å². The van der Waals surface area contributed by atoms with Crippen LogP contribution in [0.25, 0.3) is 0 Å². The summed E-state index contributed by atoms with van der Waals surface area (Å²) in [6.45, 7) is 2.19. The van der Waals surface area contributed by atoms with Gasteiger partial charge in [0, 0.05) is 23.3 Å². The highest BCUT2D eigenvalue weighted by molar-refractivity contribution is 7.10. The zero-order valence-electron chi connectivity index (χ0n) is 10.6. The highest BCUT2D eigenvalue weighted by Gasteiger charge is 2.16. The van der Waals surface area contributed by atoms with Gasteiger partial charge in [0.1, 0.15) is 0 Å². The zero-order valence-corrected chi connectivity index (χ0v) is 12.2. The van der Waals surface area contributed by atoms with Crippen molar-refractivity contribution in [3.63, 3.8) is 0 Å². The maximum Gasteiger partial charge on any atom is 0.0622 e. The standard InChI is InChI=1S/C14H17ClN2S/c1-3-10-5-7-18-14(10)13(16-2)8-11-4-6-17-9-12(11)15/h4-7,9,13,16H,3,8H2,1-2H3. The largest absolute Gasteiger partial charge is 0.312 e. The van der Waals surface area contributed by atoms with Gasteiger partial charge < -0.3 is 5.32 Å². The summed E-state index contributed by atoms with van der Waals surface area (Å²) >= 11 is 7.98. The average molecular weight is 281 g/mol. The third-order valence-corrected chi connectivity index (χ3v) is 4.52. The number of aryl methyl sites for hydroxylation is 1. The molecule has 0 amide bonds. The maximum absolute atomic E-state index is 6.17. The smallest absolute Gasteiger partial charge is 0.0622 e. The van der Waals surface area contributed by atoms with Crippen LogP contribution in [0.4, 0.5) is 0 Å². The summed E-state index contributed by atoms with van der Waals surface area (Å²) in [5.41, 5.74) is 2.56. The van der Waals surface area contributed by atoms with E-state index in [0.29, 0.717) is 6.04 Å². The summed E-state index contributed by atoms with van der Waals surface area (Å²) in [6, 6.07) is 4.52. The second kappa shape index (κ2) is 6.32. The molecule has 1 atom stereocenters. The molecule has 1 unspecified atom stereocenters. The van der Waals surface area contributed by atoms with Crippen molar-refractivity contribution in [2.45, 2.75) is 25.8 Å². The summed E-state index contributed by atoms with van der Waals surface area (Å²) < 4.78 is 0. The number of nitrogens with zero attached hydrogens (tertiary/aromatic N) is 1. The lowest BCUT2D eigenvalue weighted by Crippen LogP contribution is -2.19. The maximum atomic E-state index is 6.17. The van der Waals surface area contributed by atoms with E-state index in [1.165, 1.54) is 10.4 Å². The van der Waals surface area contributed by atoms with Crippen molar-refractivity contribution in [1.29, 1.82) is 0 Å². The van der Waals surface area contributed by atoms with Crippen molar-refractivity contribution in [1.82, 2.24) is 10.3 Å². The Morgan fingerprint density at radius 2 is 2.22 bits per heavy atom. The summed E-state index contributed by atoms with van der Waals surface area (Å²) in [6.07, 6.45) is 5.47. The number of hydrogen-bond donors (Lipinski definition) is 1. The van der Waals surface area contributed by atoms with E-state index in [1.807, 2.05) is 24.5 Å². The van der Waals surface area contributed by atoms with Crippen molar-refractivity contribution in [2.24, 2.45) is 0 Å². The fourth-order valence-corrected chi connectivity index (χ4v) is 3.37. The monoisotopic (exact) mass is 280 g/mol. The minimum atomic E-state index is 0.319. The Labute approximate surface area is 117 Å². The molecule has 0 aromatic carbocycles. The van der Waals surface area contributed by atoms with Crippen LogP contribution in [0.15, 0.2) is 29.9 Å². The van der Waals surface area contributed by atoms with Crippen LogP contribution < -0.4 is 5.32 Å². The van der Waals surface area contributed by atoms with Gasteiger partial charge in [0.2, 0.25) is 0 Å². The highest BCUT2D eigenvalue weighted by Crippen LogP contribution is 2.29. The Hall–Kier alpha value is -0.900. The van der Waals surface area contributed by atoms with E-state index in [2.05, 4.69) is 28.7 Å². The molecule has 2 rings (SSSR count). The van der Waals surface area contributed by atoms with Gasteiger partial charge in [-0.2, -0.15) is 0 Å². The van der Waals surface area contributed by atoms with Crippen LogP contribution in [-0.4, -0.2) is 12.0 Å². The molecule has 2 aromatic rings. The second-order valence-corrected chi connectivity index (χ2v) is 5.53. The number of likely N-dealkylation sites (N-methyl/N-ethyl adjacent to an activating group) is 1. The van der Waals surface area contributed by atoms with E-state index in [4.69, 9.17) is 11.6 Å². The van der Waals surface area contributed by atoms with Gasteiger partial charge in [-0.3, -0.25) is 4.98 Å².